The smallest absolute Gasteiger partial charge is 0.0755 e. The predicted molar refractivity (Wildman–Crippen MR) is 68.7 cm³/mol. The van der Waals surface area contributed by atoms with E-state index in [0.717, 1.165) is 23.2 Å². The average Bonchev–Trinajstić information content (AvgIpc) is 2.58. The summed E-state index contributed by atoms with van der Waals surface area (Å²) in [6.45, 7) is 2.00. The molecule has 3 nitrogen and oxygen atoms in total. The molecule has 3 rings (SSSR count). The topological polar surface area (TPSA) is 38.5 Å². The molecule has 2 fully saturated rings. The second kappa shape index (κ2) is 3.93. The third-order valence-electron chi connectivity index (χ3n) is 3.36. The van der Waals surface area contributed by atoms with Crippen LogP contribution in [0.1, 0.15) is 12.8 Å². The van der Waals surface area contributed by atoms with Gasteiger partial charge in [-0.2, -0.15) is 0 Å². The Morgan fingerprint density at radius 3 is 2.56 bits per heavy atom. The van der Waals surface area contributed by atoms with Crippen molar-refractivity contribution in [3.63, 3.8) is 0 Å². The van der Waals surface area contributed by atoms with E-state index in [1.165, 1.54) is 18.5 Å². The molecule has 0 spiro atoms. The summed E-state index contributed by atoms with van der Waals surface area (Å²) < 4.78 is 6.91. The Balaban J connectivity index is 1.87. The molecular formula is C12H15BrN2O. The van der Waals surface area contributed by atoms with Gasteiger partial charge in [0, 0.05) is 23.2 Å². The molecular weight excluding hydrogens is 268 g/mol. The first-order valence-electron chi connectivity index (χ1n) is 5.68. The lowest BCUT2D eigenvalue weighted by Crippen LogP contribution is -2.42. The number of morpholine rings is 1. The molecule has 2 heterocycles. The van der Waals surface area contributed by atoms with E-state index < -0.39 is 0 Å². The van der Waals surface area contributed by atoms with Crippen LogP contribution in [-0.2, 0) is 4.74 Å². The van der Waals surface area contributed by atoms with Gasteiger partial charge < -0.3 is 15.4 Å². The summed E-state index contributed by atoms with van der Waals surface area (Å²) in [4.78, 5) is 2.40. The number of rotatable bonds is 1. The molecule has 2 aliphatic rings. The molecule has 86 valence electrons. The van der Waals surface area contributed by atoms with Crippen molar-refractivity contribution in [2.24, 2.45) is 0 Å². The van der Waals surface area contributed by atoms with Crippen LogP contribution in [0.3, 0.4) is 0 Å². The average molecular weight is 283 g/mol. The summed E-state index contributed by atoms with van der Waals surface area (Å²) in [6, 6.07) is 6.01. The molecule has 16 heavy (non-hydrogen) atoms. The van der Waals surface area contributed by atoms with Crippen LogP contribution in [0.15, 0.2) is 22.7 Å². The number of ether oxygens (including phenoxy) is 1. The van der Waals surface area contributed by atoms with Crippen LogP contribution in [0.25, 0.3) is 0 Å². The van der Waals surface area contributed by atoms with E-state index in [2.05, 4.69) is 26.9 Å². The van der Waals surface area contributed by atoms with Crippen molar-refractivity contribution >= 4 is 27.3 Å². The molecule has 2 aliphatic heterocycles. The molecule has 1 aromatic rings. The zero-order chi connectivity index (χ0) is 11.1. The summed E-state index contributed by atoms with van der Waals surface area (Å²) in [5.41, 5.74) is 7.78. The quantitative estimate of drug-likeness (QED) is 0.804. The Bertz CT molecular complexity index is 398. The van der Waals surface area contributed by atoms with Gasteiger partial charge in [-0.25, -0.2) is 0 Å². The largest absolute Gasteiger partial charge is 0.399 e. The molecule has 0 saturated carbocycles. The fourth-order valence-corrected chi connectivity index (χ4v) is 3.24. The number of benzene rings is 1. The first kappa shape index (κ1) is 10.4. The molecule has 4 heteroatoms. The molecule has 2 unspecified atom stereocenters. The van der Waals surface area contributed by atoms with Crippen LogP contribution in [0.2, 0.25) is 0 Å². The highest BCUT2D eigenvalue weighted by Gasteiger charge is 2.34. The number of hydrogen-bond donors (Lipinski definition) is 1. The lowest BCUT2D eigenvalue weighted by atomic mass is 10.2. The Morgan fingerprint density at radius 2 is 1.94 bits per heavy atom. The number of hydrogen-bond acceptors (Lipinski definition) is 3. The molecule has 2 N–H and O–H groups in total. The molecule has 2 bridgehead atoms. The number of anilines is 2. The molecule has 0 aliphatic carbocycles. The van der Waals surface area contributed by atoms with Gasteiger partial charge in [0.05, 0.1) is 17.9 Å². The zero-order valence-electron chi connectivity index (χ0n) is 9.03. The van der Waals surface area contributed by atoms with E-state index in [4.69, 9.17) is 10.5 Å². The predicted octanol–water partition coefficient (Wildman–Crippen LogP) is 2.40. The van der Waals surface area contributed by atoms with E-state index in [-0.39, 0.29) is 0 Å². The second-order valence-corrected chi connectivity index (χ2v) is 5.43. The first-order valence-corrected chi connectivity index (χ1v) is 6.47. The monoisotopic (exact) mass is 282 g/mol. The standard InChI is InChI=1S/C12H15BrN2O/c13-11-5-8(14)1-4-12(11)15-6-9-2-3-10(7-15)16-9/h1,4-5,9-10H,2-3,6-7,14H2. The maximum atomic E-state index is 5.83. The highest BCUT2D eigenvalue weighted by Crippen LogP contribution is 2.34. The SMILES string of the molecule is Nc1ccc(N2CC3CCC(C2)O3)c(Br)c1. The minimum atomic E-state index is 0.420. The Hall–Kier alpha value is -0.740. The van der Waals surface area contributed by atoms with Crippen molar-refractivity contribution in [1.82, 2.24) is 0 Å². The van der Waals surface area contributed by atoms with Gasteiger partial charge in [0.25, 0.3) is 0 Å². The van der Waals surface area contributed by atoms with Crippen molar-refractivity contribution in [3.8, 4) is 0 Å². The fourth-order valence-electron chi connectivity index (χ4n) is 2.59. The summed E-state index contributed by atoms with van der Waals surface area (Å²) in [5.74, 6) is 0. The van der Waals surface area contributed by atoms with Gasteiger partial charge in [-0.3, -0.25) is 0 Å². The van der Waals surface area contributed by atoms with Gasteiger partial charge in [0.2, 0.25) is 0 Å². The van der Waals surface area contributed by atoms with Crippen LogP contribution in [0.5, 0.6) is 0 Å². The Labute approximate surface area is 104 Å². The van der Waals surface area contributed by atoms with E-state index in [1.54, 1.807) is 0 Å². The van der Waals surface area contributed by atoms with Crippen LogP contribution in [0.4, 0.5) is 11.4 Å². The number of halogens is 1. The van der Waals surface area contributed by atoms with Gasteiger partial charge >= 0.3 is 0 Å². The Kier molecular flexibility index (Phi) is 2.56. The first-order chi connectivity index (χ1) is 7.72. The molecule has 2 atom stereocenters. The second-order valence-electron chi connectivity index (χ2n) is 4.57. The third kappa shape index (κ3) is 1.80. The van der Waals surface area contributed by atoms with Crippen LogP contribution >= 0.6 is 15.9 Å². The minimum absolute atomic E-state index is 0.420. The molecule has 2 saturated heterocycles. The molecule has 1 aromatic carbocycles. The summed E-state index contributed by atoms with van der Waals surface area (Å²) in [5, 5.41) is 0. The lowest BCUT2D eigenvalue weighted by molar-refractivity contribution is 0.0304. The van der Waals surface area contributed by atoms with Crippen molar-refractivity contribution in [2.45, 2.75) is 25.0 Å². The van der Waals surface area contributed by atoms with Crippen molar-refractivity contribution in [1.29, 1.82) is 0 Å². The highest BCUT2D eigenvalue weighted by atomic mass is 79.9. The third-order valence-corrected chi connectivity index (χ3v) is 3.99. The summed E-state index contributed by atoms with van der Waals surface area (Å²) in [6.07, 6.45) is 3.24. The number of nitrogens with two attached hydrogens (primary N) is 1. The summed E-state index contributed by atoms with van der Waals surface area (Å²) in [7, 11) is 0. The molecule has 0 radical (unpaired) electrons. The number of nitrogens with zero attached hydrogens (tertiary/aromatic N) is 1. The molecule has 0 aromatic heterocycles. The van der Waals surface area contributed by atoms with Crippen LogP contribution in [0, 0.1) is 0 Å². The highest BCUT2D eigenvalue weighted by molar-refractivity contribution is 9.10. The normalized spacial score (nSPS) is 28.4. The van der Waals surface area contributed by atoms with Gasteiger partial charge in [0.15, 0.2) is 0 Å². The maximum absolute atomic E-state index is 5.83. The molecule has 0 amide bonds. The number of fused-ring (bicyclic) bond motifs is 2. The van der Waals surface area contributed by atoms with E-state index >= 15 is 0 Å². The van der Waals surface area contributed by atoms with Crippen molar-refractivity contribution in [3.05, 3.63) is 22.7 Å². The van der Waals surface area contributed by atoms with Crippen LogP contribution < -0.4 is 10.6 Å². The fraction of sp³-hybridized carbons (Fsp3) is 0.500. The Morgan fingerprint density at radius 1 is 1.25 bits per heavy atom. The van der Waals surface area contributed by atoms with E-state index in [1.807, 2.05) is 12.1 Å². The van der Waals surface area contributed by atoms with Crippen LogP contribution in [-0.4, -0.2) is 25.3 Å². The van der Waals surface area contributed by atoms with E-state index in [0.29, 0.717) is 12.2 Å². The summed E-state index contributed by atoms with van der Waals surface area (Å²) >= 11 is 3.58. The van der Waals surface area contributed by atoms with E-state index in [9.17, 15) is 0 Å². The zero-order valence-corrected chi connectivity index (χ0v) is 10.6. The number of nitrogen functional groups attached to an aromatic ring is 1. The van der Waals surface area contributed by atoms with Gasteiger partial charge in [0.1, 0.15) is 0 Å². The van der Waals surface area contributed by atoms with Crippen molar-refractivity contribution < 1.29 is 4.74 Å². The maximum Gasteiger partial charge on any atom is 0.0755 e. The van der Waals surface area contributed by atoms with Gasteiger partial charge in [-0.05, 0) is 47.0 Å². The van der Waals surface area contributed by atoms with Gasteiger partial charge in [-0.1, -0.05) is 0 Å². The minimum Gasteiger partial charge on any atom is -0.399 e. The lowest BCUT2D eigenvalue weighted by Gasteiger charge is -2.34. The van der Waals surface area contributed by atoms with Crippen molar-refractivity contribution in [2.75, 3.05) is 23.7 Å². The van der Waals surface area contributed by atoms with Gasteiger partial charge in [-0.15, -0.1) is 0 Å².